The molecule has 1 aromatic carbocycles. The average Bonchev–Trinajstić information content (AvgIpc) is 2.87. The topological polar surface area (TPSA) is 32.3 Å². The molecule has 0 aliphatic carbocycles. The van der Waals surface area contributed by atoms with Crippen LogP contribution in [0.3, 0.4) is 0 Å². The molecule has 23 heavy (non-hydrogen) atoms. The average molecular weight is 369 g/mol. The van der Waals surface area contributed by atoms with Gasteiger partial charge in [0.1, 0.15) is 4.34 Å². The quantitative estimate of drug-likeness (QED) is 0.794. The molecule has 1 aliphatic rings. The van der Waals surface area contributed by atoms with Crippen LogP contribution in [0.25, 0.3) is 0 Å². The summed E-state index contributed by atoms with van der Waals surface area (Å²) in [4.78, 5) is 14.7. The van der Waals surface area contributed by atoms with Gasteiger partial charge in [0, 0.05) is 12.2 Å². The van der Waals surface area contributed by atoms with E-state index in [0.29, 0.717) is 14.2 Å². The minimum Gasteiger partial charge on any atom is -0.322 e. The molecule has 0 saturated carbocycles. The van der Waals surface area contributed by atoms with Gasteiger partial charge in [0.2, 0.25) is 0 Å². The number of hydrogen-bond donors (Lipinski definition) is 1. The van der Waals surface area contributed by atoms with Gasteiger partial charge in [0.05, 0.1) is 9.90 Å². The maximum Gasteiger partial charge on any atom is 0.258 e. The van der Waals surface area contributed by atoms with Gasteiger partial charge in [-0.05, 0) is 49.7 Å². The fourth-order valence-electron chi connectivity index (χ4n) is 2.82. The minimum atomic E-state index is -0.228. The molecule has 0 spiro atoms. The first-order chi connectivity index (χ1) is 11.1. The molecule has 1 fully saturated rings. The third-order valence-corrected chi connectivity index (χ3v) is 5.43. The smallest absolute Gasteiger partial charge is 0.258 e. The van der Waals surface area contributed by atoms with Crippen molar-refractivity contribution in [3.63, 3.8) is 0 Å². The van der Waals surface area contributed by atoms with Gasteiger partial charge in [0.25, 0.3) is 5.91 Å². The standard InChI is InChI=1S/C17H18Cl2N2OS/c18-15-10-14(16(19)23-15)17(22)20-13-6-4-5-12(9-13)11-21-7-2-1-3-8-21/h4-6,9-10H,1-3,7-8,11H2,(H,20,22). The van der Waals surface area contributed by atoms with E-state index >= 15 is 0 Å². The van der Waals surface area contributed by atoms with Crippen molar-refractivity contribution in [2.75, 3.05) is 18.4 Å². The Kier molecular flexibility index (Phi) is 5.59. The number of nitrogens with one attached hydrogen (secondary N) is 1. The fraction of sp³-hybridized carbons (Fsp3) is 0.353. The maximum atomic E-state index is 12.3. The normalized spacial score (nSPS) is 15.6. The third kappa shape index (κ3) is 4.48. The predicted molar refractivity (Wildman–Crippen MR) is 97.9 cm³/mol. The van der Waals surface area contributed by atoms with Crippen LogP contribution in [0.5, 0.6) is 0 Å². The largest absolute Gasteiger partial charge is 0.322 e. The van der Waals surface area contributed by atoms with E-state index in [-0.39, 0.29) is 5.91 Å². The maximum absolute atomic E-state index is 12.3. The molecule has 1 aromatic heterocycles. The summed E-state index contributed by atoms with van der Waals surface area (Å²) >= 11 is 13.1. The lowest BCUT2D eigenvalue weighted by atomic mass is 10.1. The van der Waals surface area contributed by atoms with E-state index < -0.39 is 0 Å². The lowest BCUT2D eigenvalue weighted by Gasteiger charge is -2.26. The van der Waals surface area contributed by atoms with Crippen LogP contribution in [-0.2, 0) is 6.54 Å². The van der Waals surface area contributed by atoms with Crippen LogP contribution >= 0.6 is 34.5 Å². The molecule has 3 nitrogen and oxygen atoms in total. The predicted octanol–water partition coefficient (Wildman–Crippen LogP) is 5.29. The second-order valence-electron chi connectivity index (χ2n) is 5.73. The molecule has 1 N–H and O–H groups in total. The molecule has 1 saturated heterocycles. The number of amides is 1. The molecular formula is C17H18Cl2N2OS. The van der Waals surface area contributed by atoms with E-state index in [1.54, 1.807) is 6.07 Å². The Morgan fingerprint density at radius 2 is 1.96 bits per heavy atom. The minimum absolute atomic E-state index is 0.228. The van der Waals surface area contributed by atoms with Gasteiger partial charge in [-0.3, -0.25) is 9.69 Å². The molecule has 2 aromatic rings. The highest BCUT2D eigenvalue weighted by Crippen LogP contribution is 2.31. The van der Waals surface area contributed by atoms with Crippen molar-refractivity contribution in [3.05, 3.63) is 50.1 Å². The van der Waals surface area contributed by atoms with Crippen molar-refractivity contribution in [2.24, 2.45) is 0 Å². The number of benzene rings is 1. The SMILES string of the molecule is O=C(Nc1cccc(CN2CCCCC2)c1)c1cc(Cl)sc1Cl. The van der Waals surface area contributed by atoms with E-state index in [4.69, 9.17) is 23.2 Å². The van der Waals surface area contributed by atoms with Crippen molar-refractivity contribution in [1.29, 1.82) is 0 Å². The van der Waals surface area contributed by atoms with Gasteiger partial charge in [-0.15, -0.1) is 11.3 Å². The molecule has 0 unspecified atom stereocenters. The Morgan fingerprint density at radius 3 is 2.65 bits per heavy atom. The van der Waals surface area contributed by atoms with Crippen molar-refractivity contribution in [3.8, 4) is 0 Å². The molecule has 3 rings (SSSR count). The molecule has 0 atom stereocenters. The van der Waals surface area contributed by atoms with Crippen LogP contribution in [0.15, 0.2) is 30.3 Å². The highest BCUT2D eigenvalue weighted by Gasteiger charge is 2.15. The summed E-state index contributed by atoms with van der Waals surface area (Å²) in [6.45, 7) is 3.23. The summed E-state index contributed by atoms with van der Waals surface area (Å²) in [6, 6.07) is 9.57. The Hall–Kier alpha value is -1.07. The fourth-order valence-corrected chi connectivity index (χ4v) is 4.27. The van der Waals surface area contributed by atoms with Crippen LogP contribution < -0.4 is 5.32 Å². The third-order valence-electron chi connectivity index (χ3n) is 3.94. The summed E-state index contributed by atoms with van der Waals surface area (Å²) in [6.07, 6.45) is 3.87. The number of nitrogens with zero attached hydrogens (tertiary/aromatic N) is 1. The second-order valence-corrected chi connectivity index (χ2v) is 8.01. The number of carbonyl (C=O) groups excluding carboxylic acids is 1. The van der Waals surface area contributed by atoms with Gasteiger partial charge >= 0.3 is 0 Å². The molecule has 2 heterocycles. The summed E-state index contributed by atoms with van der Waals surface area (Å²) in [7, 11) is 0. The molecule has 1 amide bonds. The number of hydrogen-bond acceptors (Lipinski definition) is 3. The number of halogens is 2. The van der Waals surface area contributed by atoms with Crippen molar-refractivity contribution < 1.29 is 4.79 Å². The lowest BCUT2D eigenvalue weighted by molar-refractivity contribution is 0.102. The van der Waals surface area contributed by atoms with Crippen LogP contribution in [0.1, 0.15) is 35.2 Å². The van der Waals surface area contributed by atoms with Crippen LogP contribution in [-0.4, -0.2) is 23.9 Å². The highest BCUT2D eigenvalue weighted by atomic mass is 35.5. The number of carbonyl (C=O) groups is 1. The van der Waals surface area contributed by atoms with Crippen LogP contribution in [0.4, 0.5) is 5.69 Å². The first kappa shape index (κ1) is 16.8. The van der Waals surface area contributed by atoms with Crippen molar-refractivity contribution in [2.45, 2.75) is 25.8 Å². The molecule has 0 radical (unpaired) electrons. The Bertz CT molecular complexity index is 696. The molecule has 0 bridgehead atoms. The Morgan fingerprint density at radius 1 is 1.17 bits per heavy atom. The zero-order valence-electron chi connectivity index (χ0n) is 12.6. The summed E-state index contributed by atoms with van der Waals surface area (Å²) in [5, 5.41) is 2.90. The van der Waals surface area contributed by atoms with Gasteiger partial charge in [0.15, 0.2) is 0 Å². The summed E-state index contributed by atoms with van der Waals surface area (Å²) in [5.41, 5.74) is 2.41. The van der Waals surface area contributed by atoms with E-state index in [0.717, 1.165) is 25.3 Å². The number of thiophene rings is 1. The van der Waals surface area contributed by atoms with Gasteiger partial charge in [-0.25, -0.2) is 0 Å². The van der Waals surface area contributed by atoms with Gasteiger partial charge < -0.3 is 5.32 Å². The number of piperidine rings is 1. The Balaban J connectivity index is 1.67. The first-order valence-corrected chi connectivity index (χ1v) is 9.26. The zero-order chi connectivity index (χ0) is 16.2. The number of anilines is 1. The monoisotopic (exact) mass is 368 g/mol. The number of likely N-dealkylation sites (tertiary alicyclic amines) is 1. The summed E-state index contributed by atoms with van der Waals surface area (Å²) in [5.74, 6) is -0.228. The van der Waals surface area contributed by atoms with Crippen LogP contribution in [0.2, 0.25) is 8.67 Å². The highest BCUT2D eigenvalue weighted by molar-refractivity contribution is 7.20. The van der Waals surface area contributed by atoms with E-state index in [9.17, 15) is 4.79 Å². The molecule has 1 aliphatic heterocycles. The Labute approximate surface area is 150 Å². The van der Waals surface area contributed by atoms with Gasteiger partial charge in [-0.1, -0.05) is 41.8 Å². The number of rotatable bonds is 4. The lowest BCUT2D eigenvalue weighted by Crippen LogP contribution is -2.29. The first-order valence-electron chi connectivity index (χ1n) is 7.69. The van der Waals surface area contributed by atoms with Crippen molar-refractivity contribution >= 4 is 46.1 Å². The zero-order valence-corrected chi connectivity index (χ0v) is 15.0. The van der Waals surface area contributed by atoms with Crippen LogP contribution in [0, 0.1) is 0 Å². The summed E-state index contributed by atoms with van der Waals surface area (Å²) < 4.78 is 0.927. The van der Waals surface area contributed by atoms with E-state index in [2.05, 4.69) is 16.3 Å². The second kappa shape index (κ2) is 7.67. The molecular weight excluding hydrogens is 351 g/mol. The van der Waals surface area contributed by atoms with Gasteiger partial charge in [-0.2, -0.15) is 0 Å². The van der Waals surface area contributed by atoms with E-state index in [1.165, 1.54) is 36.2 Å². The molecule has 122 valence electrons. The molecule has 6 heteroatoms. The van der Waals surface area contributed by atoms with Crippen molar-refractivity contribution in [1.82, 2.24) is 4.90 Å². The van der Waals surface area contributed by atoms with E-state index in [1.807, 2.05) is 18.2 Å².